The predicted molar refractivity (Wildman–Crippen MR) is 164 cm³/mol. The second-order valence-electron chi connectivity index (χ2n) is 9.15. The van der Waals surface area contributed by atoms with Gasteiger partial charge in [-0.2, -0.15) is 0 Å². The molecule has 1 aromatic heterocycles. The number of hydrogen-bond acceptors (Lipinski definition) is 9. The fraction of sp³-hybridized carbons (Fsp3) is 0.194. The largest absolute Gasteiger partial charge is 0.495 e. The van der Waals surface area contributed by atoms with E-state index in [4.69, 9.17) is 14.2 Å². The molecule has 1 atom stereocenters. The first-order chi connectivity index (χ1) is 20.6. The van der Waals surface area contributed by atoms with Crippen LogP contribution < -0.4 is 14.4 Å². The van der Waals surface area contributed by atoms with Crippen LogP contribution in [0.3, 0.4) is 0 Å². The highest BCUT2D eigenvalue weighted by atomic mass is 32.2. The van der Waals surface area contributed by atoms with E-state index in [1.54, 1.807) is 36.6 Å². The first kappa shape index (κ1) is 31.3. The number of carbonyl (C=O) groups excluding carboxylic acids is 3. The smallest absolute Gasteiger partial charge is 0.341 e. The highest BCUT2D eigenvalue weighted by Crippen LogP contribution is 2.36. The zero-order valence-corrected chi connectivity index (χ0v) is 25.5. The van der Waals surface area contributed by atoms with Crippen LogP contribution >= 0.6 is 11.3 Å². The maximum absolute atomic E-state index is 13.2. The molecule has 1 heterocycles. The van der Waals surface area contributed by atoms with Crippen molar-refractivity contribution < 1.29 is 37.0 Å². The van der Waals surface area contributed by atoms with Gasteiger partial charge in [0.2, 0.25) is 0 Å². The van der Waals surface area contributed by atoms with Crippen molar-refractivity contribution in [1.29, 1.82) is 0 Å². The van der Waals surface area contributed by atoms with Crippen molar-refractivity contribution in [3.63, 3.8) is 0 Å². The lowest BCUT2D eigenvalue weighted by atomic mass is 10.0. The second kappa shape index (κ2) is 13.5. The first-order valence-electron chi connectivity index (χ1n) is 13.2. The maximum atomic E-state index is 13.2. The van der Waals surface area contributed by atoms with Crippen LogP contribution in [0.1, 0.15) is 34.6 Å². The van der Waals surface area contributed by atoms with E-state index in [1.807, 2.05) is 30.3 Å². The molecule has 0 aliphatic heterocycles. The van der Waals surface area contributed by atoms with Crippen molar-refractivity contribution in [3.8, 4) is 16.9 Å². The van der Waals surface area contributed by atoms with E-state index < -0.39 is 34.0 Å². The maximum Gasteiger partial charge on any atom is 0.341 e. The number of amides is 1. The molecule has 0 saturated heterocycles. The molecule has 224 valence electrons. The minimum Gasteiger partial charge on any atom is -0.495 e. The minimum atomic E-state index is -3.97. The Morgan fingerprint density at radius 1 is 0.930 bits per heavy atom. The van der Waals surface area contributed by atoms with Crippen molar-refractivity contribution >= 4 is 49.9 Å². The van der Waals surface area contributed by atoms with Crippen molar-refractivity contribution in [2.45, 2.75) is 24.8 Å². The number of esters is 2. The third-order valence-electron chi connectivity index (χ3n) is 6.42. The molecule has 0 radical (unpaired) electrons. The average molecular weight is 623 g/mol. The Morgan fingerprint density at radius 2 is 1.58 bits per heavy atom. The van der Waals surface area contributed by atoms with E-state index in [0.717, 1.165) is 21.2 Å². The van der Waals surface area contributed by atoms with Gasteiger partial charge >= 0.3 is 11.9 Å². The first-order valence-corrected chi connectivity index (χ1v) is 15.5. The Bertz CT molecular complexity index is 1720. The van der Waals surface area contributed by atoms with Crippen LogP contribution in [0.5, 0.6) is 5.75 Å². The van der Waals surface area contributed by atoms with E-state index in [9.17, 15) is 22.8 Å². The third-order valence-corrected chi connectivity index (χ3v) is 9.10. The van der Waals surface area contributed by atoms with Gasteiger partial charge in [0.1, 0.15) is 16.3 Å². The van der Waals surface area contributed by atoms with E-state index in [2.05, 4.69) is 5.32 Å². The van der Waals surface area contributed by atoms with Crippen molar-refractivity contribution in [3.05, 3.63) is 95.4 Å². The van der Waals surface area contributed by atoms with Gasteiger partial charge < -0.3 is 19.5 Å². The fourth-order valence-electron chi connectivity index (χ4n) is 4.12. The summed E-state index contributed by atoms with van der Waals surface area (Å²) in [6.07, 6.45) is -1.23. The molecule has 0 fully saturated rings. The number of carbonyl (C=O) groups is 3. The normalized spacial score (nSPS) is 11.7. The molecule has 0 spiro atoms. The van der Waals surface area contributed by atoms with E-state index in [1.165, 1.54) is 45.3 Å². The lowest BCUT2D eigenvalue weighted by molar-refractivity contribution is -0.123. The average Bonchev–Trinajstić information content (AvgIpc) is 3.44. The number of anilines is 2. The van der Waals surface area contributed by atoms with E-state index in [0.29, 0.717) is 17.0 Å². The predicted octanol–water partition coefficient (Wildman–Crippen LogP) is 5.61. The standard InChI is InChI=1S/C31H30N2O8S2/c1-5-40-31(36)27-24(21-11-7-6-8-12-21)19-42-29(27)32-28(34)20(2)41-30(35)22-15-17-23(18-16-22)43(37,38)33(3)25-13-9-10-14-26(25)39-4/h6-20H,5H2,1-4H3,(H,32,34)/t20-/m0/s1. The van der Waals surface area contributed by atoms with Crippen LogP contribution in [0.25, 0.3) is 11.1 Å². The number of hydrogen-bond donors (Lipinski definition) is 1. The van der Waals surface area contributed by atoms with Crippen molar-refractivity contribution in [2.24, 2.45) is 0 Å². The van der Waals surface area contributed by atoms with Crippen LogP contribution in [0.2, 0.25) is 0 Å². The SMILES string of the molecule is CCOC(=O)c1c(-c2ccccc2)csc1NC(=O)[C@H](C)OC(=O)c1ccc(S(=O)(=O)N(C)c2ccccc2OC)cc1. The second-order valence-corrected chi connectivity index (χ2v) is 12.0. The number of nitrogens with one attached hydrogen (secondary N) is 1. The van der Waals surface area contributed by atoms with Gasteiger partial charge in [0.15, 0.2) is 6.10 Å². The number of nitrogens with zero attached hydrogens (tertiary/aromatic N) is 1. The van der Waals surface area contributed by atoms with Gasteiger partial charge in [-0.1, -0.05) is 42.5 Å². The monoisotopic (exact) mass is 622 g/mol. The minimum absolute atomic E-state index is 0.0493. The molecule has 3 aromatic carbocycles. The zero-order valence-electron chi connectivity index (χ0n) is 23.9. The molecule has 10 nitrogen and oxygen atoms in total. The van der Waals surface area contributed by atoms with Gasteiger partial charge in [-0.05, 0) is 55.8 Å². The molecule has 0 unspecified atom stereocenters. The summed E-state index contributed by atoms with van der Waals surface area (Å²) in [5.74, 6) is -1.69. The third kappa shape index (κ3) is 6.87. The molecule has 4 aromatic rings. The van der Waals surface area contributed by atoms with Gasteiger partial charge in [-0.3, -0.25) is 9.10 Å². The number of para-hydroxylation sites is 2. The molecule has 0 aliphatic carbocycles. The van der Waals surface area contributed by atoms with Crippen molar-refractivity contribution in [2.75, 3.05) is 30.4 Å². The van der Waals surface area contributed by atoms with Crippen LogP contribution in [0.15, 0.2) is 89.1 Å². The van der Waals surface area contributed by atoms with Crippen LogP contribution in [0, 0.1) is 0 Å². The molecule has 0 saturated carbocycles. The molecular formula is C31H30N2O8S2. The summed E-state index contributed by atoms with van der Waals surface area (Å²) in [7, 11) is -1.12. The summed E-state index contributed by atoms with van der Waals surface area (Å²) in [5.41, 5.74) is 1.99. The number of benzene rings is 3. The Labute approximate surface area is 253 Å². The van der Waals surface area contributed by atoms with E-state index >= 15 is 0 Å². The van der Waals surface area contributed by atoms with Gasteiger partial charge in [-0.25, -0.2) is 18.0 Å². The zero-order chi connectivity index (χ0) is 31.1. The summed E-state index contributed by atoms with van der Waals surface area (Å²) in [6, 6.07) is 21.1. The number of methoxy groups -OCH3 is 1. The Balaban J connectivity index is 1.46. The fourth-order valence-corrected chi connectivity index (χ4v) is 6.29. The Hall–Kier alpha value is -4.68. The van der Waals surface area contributed by atoms with Crippen LogP contribution in [-0.4, -0.2) is 53.1 Å². The molecular weight excluding hydrogens is 592 g/mol. The highest BCUT2D eigenvalue weighted by Gasteiger charge is 2.27. The molecule has 4 rings (SSSR count). The summed E-state index contributed by atoms with van der Waals surface area (Å²) in [5, 5.41) is 4.68. The lowest BCUT2D eigenvalue weighted by Gasteiger charge is -2.21. The summed E-state index contributed by atoms with van der Waals surface area (Å²) in [4.78, 5) is 38.5. The van der Waals surface area contributed by atoms with Crippen LogP contribution in [0.4, 0.5) is 10.7 Å². The topological polar surface area (TPSA) is 128 Å². The molecule has 1 N–H and O–H groups in total. The molecule has 0 bridgehead atoms. The number of rotatable bonds is 11. The number of thiophene rings is 1. The summed E-state index contributed by atoms with van der Waals surface area (Å²) >= 11 is 1.15. The summed E-state index contributed by atoms with van der Waals surface area (Å²) in [6.45, 7) is 3.23. The van der Waals surface area contributed by atoms with Gasteiger partial charge in [0.25, 0.3) is 15.9 Å². The quantitative estimate of drug-likeness (QED) is 0.214. The number of ether oxygens (including phenoxy) is 3. The molecule has 0 aliphatic rings. The molecule has 1 amide bonds. The number of sulfonamides is 1. The Morgan fingerprint density at radius 3 is 2.23 bits per heavy atom. The lowest BCUT2D eigenvalue weighted by Crippen LogP contribution is -2.30. The van der Waals surface area contributed by atoms with Crippen LogP contribution in [-0.2, 0) is 24.3 Å². The van der Waals surface area contributed by atoms with Gasteiger partial charge in [0.05, 0.1) is 29.9 Å². The van der Waals surface area contributed by atoms with E-state index in [-0.39, 0.29) is 27.6 Å². The van der Waals surface area contributed by atoms with Gasteiger partial charge in [0, 0.05) is 18.0 Å². The molecule has 43 heavy (non-hydrogen) atoms. The van der Waals surface area contributed by atoms with Crippen molar-refractivity contribution in [1.82, 2.24) is 0 Å². The van der Waals surface area contributed by atoms with Gasteiger partial charge in [-0.15, -0.1) is 11.3 Å². The highest BCUT2D eigenvalue weighted by molar-refractivity contribution is 7.92. The Kier molecular flexibility index (Phi) is 9.84. The summed E-state index contributed by atoms with van der Waals surface area (Å²) < 4.78 is 43.3. The molecule has 12 heteroatoms.